The van der Waals surface area contributed by atoms with Crippen molar-refractivity contribution >= 4 is 27.6 Å². The van der Waals surface area contributed by atoms with Crippen LogP contribution in [0.2, 0.25) is 5.02 Å². The van der Waals surface area contributed by atoms with Crippen LogP contribution in [-0.2, 0) is 26.6 Å². The fourth-order valence-corrected chi connectivity index (χ4v) is 3.28. The molecule has 0 amide bonds. The lowest BCUT2D eigenvalue weighted by Crippen LogP contribution is -2.42. The molecule has 0 spiro atoms. The van der Waals surface area contributed by atoms with Crippen molar-refractivity contribution in [2.45, 2.75) is 44.4 Å². The molecule has 0 saturated carbocycles. The predicted molar refractivity (Wildman–Crippen MR) is 73.8 cm³/mol. The summed E-state index contributed by atoms with van der Waals surface area (Å²) in [5.41, 5.74) is -0.693. The van der Waals surface area contributed by atoms with Gasteiger partial charge in [0.15, 0.2) is 5.03 Å². The Labute approximate surface area is 123 Å². The van der Waals surface area contributed by atoms with Crippen LogP contribution in [0.25, 0.3) is 0 Å². The monoisotopic (exact) mass is 323 g/mol. The molecule has 1 heterocycles. The molecule has 0 saturated heterocycles. The zero-order chi connectivity index (χ0) is 15.7. The highest BCUT2D eigenvalue weighted by atomic mass is 35.5. The van der Waals surface area contributed by atoms with E-state index in [-0.39, 0.29) is 10.0 Å². The Morgan fingerprint density at radius 3 is 2.45 bits per heavy atom. The summed E-state index contributed by atoms with van der Waals surface area (Å²) in [6.45, 7) is 6.49. The van der Waals surface area contributed by atoms with Gasteiger partial charge in [-0.15, -0.1) is 0 Å². The highest BCUT2D eigenvalue weighted by molar-refractivity contribution is 7.89. The van der Waals surface area contributed by atoms with Crippen molar-refractivity contribution < 1.29 is 17.9 Å². The van der Waals surface area contributed by atoms with Crippen molar-refractivity contribution in [1.82, 2.24) is 14.5 Å². The van der Waals surface area contributed by atoms with Gasteiger partial charge in [-0.2, -0.15) is 9.82 Å². The molecule has 1 aromatic rings. The van der Waals surface area contributed by atoms with Crippen LogP contribution < -0.4 is 4.72 Å². The molecule has 20 heavy (non-hydrogen) atoms. The molecule has 114 valence electrons. The van der Waals surface area contributed by atoms with E-state index in [1.807, 2.05) is 0 Å². The van der Waals surface area contributed by atoms with E-state index >= 15 is 0 Å². The van der Waals surface area contributed by atoms with Gasteiger partial charge in [0.2, 0.25) is 0 Å². The van der Waals surface area contributed by atoms with Crippen LogP contribution in [0.1, 0.15) is 27.7 Å². The maximum absolute atomic E-state index is 12.2. The van der Waals surface area contributed by atoms with Crippen LogP contribution in [0.5, 0.6) is 0 Å². The van der Waals surface area contributed by atoms with Crippen molar-refractivity contribution in [3.63, 3.8) is 0 Å². The van der Waals surface area contributed by atoms with Crippen LogP contribution >= 0.6 is 11.6 Å². The van der Waals surface area contributed by atoms with Gasteiger partial charge in [-0.25, -0.2) is 8.42 Å². The maximum atomic E-state index is 12.2. The van der Waals surface area contributed by atoms with E-state index in [0.29, 0.717) is 0 Å². The second-order valence-electron chi connectivity index (χ2n) is 5.30. The first-order chi connectivity index (χ1) is 8.94. The van der Waals surface area contributed by atoms with Gasteiger partial charge in [-0.1, -0.05) is 11.6 Å². The van der Waals surface area contributed by atoms with Gasteiger partial charge in [-0.3, -0.25) is 9.48 Å². The molecule has 9 heteroatoms. The van der Waals surface area contributed by atoms with Gasteiger partial charge in [0.1, 0.15) is 11.6 Å². The summed E-state index contributed by atoms with van der Waals surface area (Å²) in [5.74, 6) is -0.667. The molecule has 1 rings (SSSR count). The molecular weight excluding hydrogens is 306 g/mol. The molecule has 1 N–H and O–H groups in total. The van der Waals surface area contributed by atoms with Crippen LogP contribution in [-0.4, -0.2) is 35.8 Å². The van der Waals surface area contributed by atoms with Crippen LogP contribution in [0.15, 0.2) is 11.2 Å². The average Bonchev–Trinajstić information content (AvgIpc) is 2.55. The van der Waals surface area contributed by atoms with Gasteiger partial charge < -0.3 is 4.74 Å². The Bertz CT molecular complexity index is 584. The number of carbonyl (C=O) groups excluding carboxylic acids is 1. The summed E-state index contributed by atoms with van der Waals surface area (Å²) in [6, 6.07) is -1.04. The number of aryl methyl sites for hydroxylation is 1. The molecular formula is C11H18ClN3O4S. The average molecular weight is 324 g/mol. The van der Waals surface area contributed by atoms with E-state index in [0.717, 1.165) is 4.68 Å². The highest BCUT2D eigenvalue weighted by Gasteiger charge is 2.29. The van der Waals surface area contributed by atoms with Crippen LogP contribution in [0.4, 0.5) is 0 Å². The number of carbonyl (C=O) groups is 1. The number of aromatic nitrogens is 2. The molecule has 0 aromatic carbocycles. The first kappa shape index (κ1) is 16.9. The second-order valence-corrected chi connectivity index (χ2v) is 7.33. The SMILES string of the molecule is C[C@H](NS(=O)(=O)c1c(Cl)cnn1C)C(=O)OC(C)(C)C. The van der Waals surface area contributed by atoms with Crippen LogP contribution in [0.3, 0.4) is 0 Å². The number of hydrogen-bond donors (Lipinski definition) is 1. The largest absolute Gasteiger partial charge is 0.459 e. The zero-order valence-electron chi connectivity index (χ0n) is 12.0. The minimum Gasteiger partial charge on any atom is -0.459 e. The minimum atomic E-state index is -3.96. The van der Waals surface area contributed by atoms with Gasteiger partial charge in [-0.05, 0) is 27.7 Å². The number of rotatable bonds is 4. The molecule has 0 unspecified atom stereocenters. The Kier molecular flexibility index (Phi) is 4.83. The van der Waals surface area contributed by atoms with E-state index in [4.69, 9.17) is 16.3 Å². The second kappa shape index (κ2) is 5.71. The summed E-state index contributed by atoms with van der Waals surface area (Å²) in [6.07, 6.45) is 1.22. The Balaban J connectivity index is 2.90. The summed E-state index contributed by atoms with van der Waals surface area (Å²) in [5, 5.41) is 3.53. The molecule has 1 aromatic heterocycles. The topological polar surface area (TPSA) is 90.3 Å². The first-order valence-electron chi connectivity index (χ1n) is 5.87. The third-order valence-electron chi connectivity index (χ3n) is 2.19. The van der Waals surface area contributed by atoms with Crippen LogP contribution in [0, 0.1) is 0 Å². The van der Waals surface area contributed by atoms with Gasteiger partial charge in [0.05, 0.1) is 11.2 Å². The smallest absolute Gasteiger partial charge is 0.324 e. The zero-order valence-corrected chi connectivity index (χ0v) is 13.5. The number of ether oxygens (including phenoxy) is 1. The maximum Gasteiger partial charge on any atom is 0.324 e. The van der Waals surface area contributed by atoms with Crippen molar-refractivity contribution in [2.75, 3.05) is 0 Å². The van der Waals surface area contributed by atoms with Gasteiger partial charge >= 0.3 is 5.97 Å². The molecule has 0 aliphatic carbocycles. The normalized spacial score (nSPS) is 14.1. The summed E-state index contributed by atoms with van der Waals surface area (Å²) < 4.78 is 32.7. The fourth-order valence-electron chi connectivity index (χ4n) is 1.43. The lowest BCUT2D eigenvalue weighted by molar-refractivity contribution is -0.156. The fraction of sp³-hybridized carbons (Fsp3) is 0.636. The first-order valence-corrected chi connectivity index (χ1v) is 7.73. The summed E-state index contributed by atoms with van der Waals surface area (Å²) in [4.78, 5) is 11.8. The van der Waals surface area contributed by atoms with Crippen molar-refractivity contribution in [2.24, 2.45) is 7.05 Å². The van der Waals surface area contributed by atoms with Crippen molar-refractivity contribution in [1.29, 1.82) is 0 Å². The molecule has 0 aliphatic heterocycles. The Morgan fingerprint density at radius 1 is 1.50 bits per heavy atom. The molecule has 0 aliphatic rings. The van der Waals surface area contributed by atoms with Gasteiger partial charge in [0.25, 0.3) is 10.0 Å². The summed E-state index contributed by atoms with van der Waals surface area (Å²) >= 11 is 5.78. The van der Waals surface area contributed by atoms with Crippen molar-refractivity contribution in [3.05, 3.63) is 11.2 Å². The lowest BCUT2D eigenvalue weighted by atomic mass is 10.2. The predicted octanol–water partition coefficient (Wildman–Crippen LogP) is 1.08. The van der Waals surface area contributed by atoms with E-state index < -0.39 is 27.6 Å². The Hall–Kier alpha value is -1.12. The lowest BCUT2D eigenvalue weighted by Gasteiger charge is -2.22. The third kappa shape index (κ3) is 4.19. The number of hydrogen-bond acceptors (Lipinski definition) is 5. The molecule has 0 bridgehead atoms. The number of sulfonamides is 1. The Morgan fingerprint density at radius 2 is 2.05 bits per heavy atom. The van der Waals surface area contributed by atoms with Gasteiger partial charge in [0, 0.05) is 7.05 Å². The molecule has 1 atom stereocenters. The number of halogens is 1. The van der Waals surface area contributed by atoms with Crippen molar-refractivity contribution in [3.8, 4) is 0 Å². The number of nitrogens with one attached hydrogen (secondary N) is 1. The van der Waals surface area contributed by atoms with E-state index in [2.05, 4.69) is 9.82 Å². The van der Waals surface area contributed by atoms with E-state index in [1.165, 1.54) is 20.2 Å². The number of esters is 1. The summed E-state index contributed by atoms with van der Waals surface area (Å²) in [7, 11) is -2.52. The minimum absolute atomic E-state index is 0.0172. The molecule has 0 fully saturated rings. The third-order valence-corrected chi connectivity index (χ3v) is 4.24. The molecule has 0 radical (unpaired) electrons. The quantitative estimate of drug-likeness (QED) is 0.837. The standard InChI is InChI=1S/C11H18ClN3O4S/c1-7(10(16)19-11(2,3)4)14-20(17,18)9-8(12)6-13-15(9)5/h6-7,14H,1-5H3/t7-/m0/s1. The number of nitrogens with zero attached hydrogens (tertiary/aromatic N) is 2. The van der Waals surface area contributed by atoms with E-state index in [9.17, 15) is 13.2 Å². The highest BCUT2D eigenvalue weighted by Crippen LogP contribution is 2.20. The molecule has 7 nitrogen and oxygen atoms in total. The van der Waals surface area contributed by atoms with E-state index in [1.54, 1.807) is 20.8 Å².